The lowest BCUT2D eigenvalue weighted by molar-refractivity contribution is 1.49. The number of thiophene rings is 1. The molecule has 0 aliphatic rings. The van der Waals surface area contributed by atoms with E-state index < -0.39 is 0 Å². The molecule has 0 aliphatic carbocycles. The van der Waals surface area contributed by atoms with E-state index in [0.29, 0.717) is 0 Å². The van der Waals surface area contributed by atoms with Gasteiger partial charge in [0.15, 0.2) is 0 Å². The molecule has 0 saturated heterocycles. The van der Waals surface area contributed by atoms with Gasteiger partial charge in [0.1, 0.15) is 0 Å². The van der Waals surface area contributed by atoms with Crippen molar-refractivity contribution in [3.63, 3.8) is 0 Å². The molecule has 0 saturated carbocycles. The van der Waals surface area contributed by atoms with Gasteiger partial charge in [-0.15, -0.1) is 11.3 Å². The predicted molar refractivity (Wildman–Crippen MR) is 150 cm³/mol. The molecule has 0 atom stereocenters. The fourth-order valence-electron chi connectivity index (χ4n) is 5.22. The molecular weight excluding hydrogens is 428 g/mol. The van der Waals surface area contributed by atoms with E-state index >= 15 is 0 Å². The number of aryl methyl sites for hydroxylation is 1. The molecule has 1 heteroatoms. The third-order valence-electron chi connectivity index (χ3n) is 6.96. The van der Waals surface area contributed by atoms with Gasteiger partial charge in [0.25, 0.3) is 0 Å². The summed E-state index contributed by atoms with van der Waals surface area (Å²) in [4.78, 5) is 1.32. The molecule has 34 heavy (non-hydrogen) atoms. The second-order valence-electron chi connectivity index (χ2n) is 9.07. The zero-order valence-corrected chi connectivity index (χ0v) is 19.7. The Kier molecular flexibility index (Phi) is 4.33. The van der Waals surface area contributed by atoms with Crippen molar-refractivity contribution in [2.75, 3.05) is 0 Å². The maximum atomic E-state index is 2.36. The Bertz CT molecular complexity index is 1870. The summed E-state index contributed by atoms with van der Waals surface area (Å²) in [7, 11) is 0. The van der Waals surface area contributed by atoms with Crippen LogP contribution in [0.15, 0.2) is 115 Å². The van der Waals surface area contributed by atoms with Gasteiger partial charge in [0.2, 0.25) is 0 Å². The summed E-state index contributed by atoms with van der Waals surface area (Å²) in [6, 6.07) is 42.3. The number of hydrogen-bond acceptors (Lipinski definition) is 1. The Morgan fingerprint density at radius 3 is 2.00 bits per heavy atom. The average Bonchev–Trinajstić information content (AvgIpc) is 3.34. The maximum Gasteiger partial charge on any atom is 0.0427 e. The normalized spacial score (nSPS) is 11.7. The lowest BCUT2D eigenvalue weighted by atomic mass is 9.93. The molecule has 160 valence electrons. The van der Waals surface area contributed by atoms with Gasteiger partial charge in [-0.05, 0) is 85.1 Å². The Morgan fingerprint density at radius 1 is 0.471 bits per heavy atom. The van der Waals surface area contributed by atoms with Crippen LogP contribution in [0.4, 0.5) is 0 Å². The Labute approximate surface area is 202 Å². The van der Waals surface area contributed by atoms with Crippen LogP contribution in [0, 0.1) is 6.92 Å². The minimum atomic E-state index is 1.27. The molecule has 0 unspecified atom stereocenters. The zero-order chi connectivity index (χ0) is 22.6. The number of rotatable bonds is 2. The van der Waals surface area contributed by atoms with Crippen LogP contribution < -0.4 is 0 Å². The van der Waals surface area contributed by atoms with Crippen LogP contribution >= 0.6 is 11.3 Å². The highest BCUT2D eigenvalue weighted by Gasteiger charge is 2.11. The molecule has 0 bridgehead atoms. The van der Waals surface area contributed by atoms with Crippen molar-refractivity contribution in [1.82, 2.24) is 0 Å². The van der Waals surface area contributed by atoms with E-state index in [1.54, 1.807) is 0 Å². The quantitative estimate of drug-likeness (QED) is 0.230. The van der Waals surface area contributed by atoms with E-state index in [1.165, 1.54) is 69.5 Å². The van der Waals surface area contributed by atoms with Gasteiger partial charge in [0, 0.05) is 9.58 Å². The van der Waals surface area contributed by atoms with Crippen LogP contribution in [-0.2, 0) is 0 Å². The molecule has 0 aliphatic heterocycles. The molecule has 1 aromatic heterocycles. The van der Waals surface area contributed by atoms with Gasteiger partial charge in [-0.1, -0.05) is 97.1 Å². The van der Waals surface area contributed by atoms with E-state index in [1.807, 2.05) is 11.3 Å². The molecule has 6 aromatic carbocycles. The molecule has 1 heterocycles. The fourth-order valence-corrected chi connectivity index (χ4v) is 6.42. The molecule has 0 spiro atoms. The second kappa shape index (κ2) is 7.55. The van der Waals surface area contributed by atoms with Crippen LogP contribution in [0.1, 0.15) is 5.56 Å². The highest BCUT2D eigenvalue weighted by atomic mass is 32.1. The zero-order valence-electron chi connectivity index (χ0n) is 18.9. The number of benzene rings is 6. The first-order valence-electron chi connectivity index (χ1n) is 11.7. The second-order valence-corrected chi connectivity index (χ2v) is 10.1. The molecule has 7 aromatic rings. The summed E-state index contributed by atoms with van der Waals surface area (Å²) in [6.45, 7) is 2.23. The smallest absolute Gasteiger partial charge is 0.0427 e. The van der Waals surface area contributed by atoms with Gasteiger partial charge in [0.05, 0.1) is 0 Å². The Balaban J connectivity index is 1.37. The summed E-state index contributed by atoms with van der Waals surface area (Å²) < 4.78 is 1.37. The van der Waals surface area contributed by atoms with Gasteiger partial charge in [-0.25, -0.2) is 0 Å². The van der Waals surface area contributed by atoms with E-state index in [0.717, 1.165) is 0 Å². The first kappa shape index (κ1) is 19.5. The highest BCUT2D eigenvalue weighted by Crippen LogP contribution is 2.39. The van der Waals surface area contributed by atoms with Crippen LogP contribution in [0.2, 0.25) is 0 Å². The predicted octanol–water partition coefficient (Wildman–Crippen LogP) is 10.0. The van der Waals surface area contributed by atoms with Crippen molar-refractivity contribution in [1.29, 1.82) is 0 Å². The van der Waals surface area contributed by atoms with Crippen LogP contribution in [-0.4, -0.2) is 0 Å². The summed E-state index contributed by atoms with van der Waals surface area (Å²) >= 11 is 1.89. The SMILES string of the molecule is Cc1cc2c(ccc3ccccc32)cc1-c1cccc(-c2cc3ccc4ccccc4c3s2)c1. The monoisotopic (exact) mass is 450 g/mol. The molecule has 7 rings (SSSR count). The van der Waals surface area contributed by atoms with E-state index in [9.17, 15) is 0 Å². The summed E-state index contributed by atoms with van der Waals surface area (Å²) in [6.07, 6.45) is 0. The molecule has 0 amide bonds. The first-order chi connectivity index (χ1) is 16.7. The molecule has 0 radical (unpaired) electrons. The van der Waals surface area contributed by atoms with E-state index in [2.05, 4.69) is 122 Å². The van der Waals surface area contributed by atoms with Gasteiger partial charge >= 0.3 is 0 Å². The molecule has 0 N–H and O–H groups in total. The van der Waals surface area contributed by atoms with Crippen molar-refractivity contribution >= 4 is 53.7 Å². The standard InChI is InChI=1S/C33H22S/c1-21-17-31-25(15-13-22-7-2-4-11-28(22)31)19-30(21)24-9-6-10-26(18-24)32-20-27-16-14-23-8-3-5-12-29(23)33(27)34-32/h2-20H,1H3. The number of fused-ring (bicyclic) bond motifs is 6. The third kappa shape index (κ3) is 3.05. The van der Waals surface area contributed by atoms with Crippen molar-refractivity contribution in [3.05, 3.63) is 121 Å². The lowest BCUT2D eigenvalue weighted by Gasteiger charge is -2.12. The minimum absolute atomic E-state index is 1.27. The van der Waals surface area contributed by atoms with E-state index in [-0.39, 0.29) is 0 Å². The van der Waals surface area contributed by atoms with Crippen molar-refractivity contribution in [2.24, 2.45) is 0 Å². The molecule has 0 nitrogen and oxygen atoms in total. The van der Waals surface area contributed by atoms with Crippen LogP contribution in [0.25, 0.3) is 64.0 Å². The van der Waals surface area contributed by atoms with Crippen molar-refractivity contribution in [2.45, 2.75) is 6.92 Å². The van der Waals surface area contributed by atoms with Crippen LogP contribution in [0.5, 0.6) is 0 Å². The van der Waals surface area contributed by atoms with E-state index in [4.69, 9.17) is 0 Å². The van der Waals surface area contributed by atoms with Crippen molar-refractivity contribution in [3.8, 4) is 21.6 Å². The Morgan fingerprint density at radius 2 is 1.15 bits per heavy atom. The lowest BCUT2D eigenvalue weighted by Crippen LogP contribution is -1.87. The third-order valence-corrected chi connectivity index (χ3v) is 8.19. The average molecular weight is 451 g/mol. The number of hydrogen-bond donors (Lipinski definition) is 0. The molecular formula is C33H22S. The largest absolute Gasteiger partial charge is 0.135 e. The Hall–Kier alpha value is -3.94. The van der Waals surface area contributed by atoms with Crippen molar-refractivity contribution < 1.29 is 0 Å². The fraction of sp³-hybridized carbons (Fsp3) is 0.0303. The summed E-state index contributed by atoms with van der Waals surface area (Å²) in [5, 5.41) is 9.19. The first-order valence-corrected chi connectivity index (χ1v) is 12.5. The maximum absolute atomic E-state index is 2.36. The highest BCUT2D eigenvalue weighted by molar-refractivity contribution is 7.23. The van der Waals surface area contributed by atoms with Gasteiger partial charge in [-0.2, -0.15) is 0 Å². The minimum Gasteiger partial charge on any atom is -0.135 e. The molecule has 0 fully saturated rings. The summed E-state index contributed by atoms with van der Waals surface area (Å²) in [5.74, 6) is 0. The summed E-state index contributed by atoms with van der Waals surface area (Å²) in [5.41, 5.74) is 5.16. The topological polar surface area (TPSA) is 0 Å². The van der Waals surface area contributed by atoms with Crippen LogP contribution in [0.3, 0.4) is 0 Å². The van der Waals surface area contributed by atoms with Gasteiger partial charge < -0.3 is 0 Å². The van der Waals surface area contributed by atoms with Gasteiger partial charge in [-0.3, -0.25) is 0 Å².